The van der Waals surface area contributed by atoms with Crippen LogP contribution in [0.5, 0.6) is 0 Å². The Hall–Kier alpha value is -1.36. The topological polar surface area (TPSA) is 64.6 Å². The molecular weight excluding hydrogens is 162 g/mol. The molecule has 0 radical (unpaired) electrons. The number of ether oxygens (including phenoxy) is 1. The summed E-state index contributed by atoms with van der Waals surface area (Å²) in [4.78, 5) is 25.4. The third-order valence-corrected chi connectivity index (χ3v) is 0.933. The molecule has 0 aromatic rings. The van der Waals surface area contributed by atoms with Crippen LogP contribution < -0.4 is 5.48 Å². The van der Waals surface area contributed by atoms with Gasteiger partial charge in [-0.05, 0) is 0 Å². The van der Waals surface area contributed by atoms with Crippen molar-refractivity contribution in [1.82, 2.24) is 5.48 Å². The van der Waals surface area contributed by atoms with Crippen molar-refractivity contribution in [3.63, 3.8) is 0 Å². The zero-order chi connectivity index (χ0) is 9.40. The van der Waals surface area contributed by atoms with Gasteiger partial charge in [0.05, 0.1) is 6.42 Å². The molecule has 0 aliphatic rings. The minimum absolute atomic E-state index is 0.00532. The molecule has 0 aliphatic carbocycles. The van der Waals surface area contributed by atoms with Crippen LogP contribution in [0.15, 0.2) is 12.7 Å². The van der Waals surface area contributed by atoms with E-state index in [4.69, 9.17) is 0 Å². The number of hydrogen-bond donors (Lipinski definition) is 1. The number of nitrogens with one attached hydrogen (secondary N) is 1. The highest BCUT2D eigenvalue weighted by Gasteiger charge is 2.02. The summed E-state index contributed by atoms with van der Waals surface area (Å²) in [5.74, 6) is -1.03. The monoisotopic (exact) mass is 173 g/mol. The van der Waals surface area contributed by atoms with E-state index in [1.165, 1.54) is 7.05 Å². The van der Waals surface area contributed by atoms with Crippen LogP contribution in [0.1, 0.15) is 6.42 Å². The maximum absolute atomic E-state index is 10.6. The van der Waals surface area contributed by atoms with Crippen LogP contribution in [0, 0.1) is 0 Å². The van der Waals surface area contributed by atoms with E-state index in [0.717, 1.165) is 6.08 Å². The van der Waals surface area contributed by atoms with Crippen molar-refractivity contribution in [1.29, 1.82) is 0 Å². The van der Waals surface area contributed by atoms with Crippen molar-refractivity contribution < 1.29 is 19.2 Å². The van der Waals surface area contributed by atoms with Gasteiger partial charge in [0.1, 0.15) is 6.61 Å². The fourth-order valence-corrected chi connectivity index (χ4v) is 0.459. The first-order valence-electron chi connectivity index (χ1n) is 3.36. The summed E-state index contributed by atoms with van der Waals surface area (Å²) in [6.45, 7) is 3.20. The summed E-state index contributed by atoms with van der Waals surface area (Å²) in [6.07, 6.45) is 1.06. The van der Waals surface area contributed by atoms with E-state index in [1.807, 2.05) is 0 Å². The largest absolute Gasteiger partial charge is 0.462 e. The Labute approximate surface area is 70.3 Å². The second-order valence-electron chi connectivity index (χ2n) is 1.80. The van der Waals surface area contributed by atoms with Crippen molar-refractivity contribution in [3.05, 3.63) is 12.7 Å². The smallest absolute Gasteiger partial charge is 0.330 e. The molecule has 68 valence electrons. The molecule has 0 spiro atoms. The lowest BCUT2D eigenvalue weighted by Crippen LogP contribution is -2.17. The standard InChI is InChI=1S/C7H11NO4/c1-3-6(9)11-5-4-7(10)12-8-2/h3,8H,1,4-5H2,2H3. The van der Waals surface area contributed by atoms with Crippen molar-refractivity contribution in [3.8, 4) is 0 Å². The highest BCUT2D eigenvalue weighted by Crippen LogP contribution is 1.87. The summed E-state index contributed by atoms with van der Waals surface area (Å²) >= 11 is 0. The predicted molar refractivity (Wildman–Crippen MR) is 40.9 cm³/mol. The number of hydrogen-bond acceptors (Lipinski definition) is 5. The molecule has 5 heteroatoms. The summed E-state index contributed by atoms with van der Waals surface area (Å²) in [5.41, 5.74) is 2.21. The summed E-state index contributed by atoms with van der Waals surface area (Å²) in [6, 6.07) is 0. The summed E-state index contributed by atoms with van der Waals surface area (Å²) < 4.78 is 4.52. The Balaban J connectivity index is 3.36. The average molecular weight is 173 g/mol. The van der Waals surface area contributed by atoms with Crippen LogP contribution in [0.2, 0.25) is 0 Å². The van der Waals surface area contributed by atoms with Gasteiger partial charge < -0.3 is 9.57 Å². The second-order valence-corrected chi connectivity index (χ2v) is 1.80. The van der Waals surface area contributed by atoms with E-state index in [9.17, 15) is 9.59 Å². The van der Waals surface area contributed by atoms with Gasteiger partial charge in [-0.25, -0.2) is 4.79 Å². The Morgan fingerprint density at radius 2 is 2.25 bits per heavy atom. The van der Waals surface area contributed by atoms with Crippen molar-refractivity contribution in [2.45, 2.75) is 6.42 Å². The molecule has 0 aromatic heterocycles. The fourth-order valence-electron chi connectivity index (χ4n) is 0.459. The molecule has 12 heavy (non-hydrogen) atoms. The Kier molecular flexibility index (Phi) is 5.64. The Bertz CT molecular complexity index is 178. The molecule has 0 aliphatic heterocycles. The van der Waals surface area contributed by atoms with E-state index in [-0.39, 0.29) is 13.0 Å². The number of rotatable bonds is 5. The second kappa shape index (κ2) is 6.36. The van der Waals surface area contributed by atoms with Crippen LogP contribution in [0.25, 0.3) is 0 Å². The molecule has 0 unspecified atom stereocenters. The van der Waals surface area contributed by atoms with Gasteiger partial charge in [0.2, 0.25) is 0 Å². The molecule has 0 amide bonds. The molecule has 5 nitrogen and oxygen atoms in total. The van der Waals surface area contributed by atoms with Crippen LogP contribution in [-0.2, 0) is 19.2 Å². The van der Waals surface area contributed by atoms with E-state index < -0.39 is 11.9 Å². The van der Waals surface area contributed by atoms with Gasteiger partial charge in [-0.1, -0.05) is 6.58 Å². The Morgan fingerprint density at radius 3 is 2.75 bits per heavy atom. The first kappa shape index (κ1) is 10.6. The molecule has 1 N–H and O–H groups in total. The van der Waals surface area contributed by atoms with Gasteiger partial charge in [-0.15, -0.1) is 0 Å². The first-order chi connectivity index (χ1) is 5.70. The van der Waals surface area contributed by atoms with Gasteiger partial charge in [0.15, 0.2) is 0 Å². The molecule has 0 saturated heterocycles. The van der Waals surface area contributed by atoms with Crippen LogP contribution in [0.3, 0.4) is 0 Å². The van der Waals surface area contributed by atoms with Crippen LogP contribution in [-0.4, -0.2) is 25.6 Å². The zero-order valence-corrected chi connectivity index (χ0v) is 6.83. The molecule has 0 saturated carbocycles. The lowest BCUT2D eigenvalue weighted by atomic mass is 10.5. The van der Waals surface area contributed by atoms with Crippen molar-refractivity contribution >= 4 is 11.9 Å². The number of hydroxylamine groups is 1. The fraction of sp³-hybridized carbons (Fsp3) is 0.429. The first-order valence-corrected chi connectivity index (χ1v) is 3.36. The van der Waals surface area contributed by atoms with E-state index in [2.05, 4.69) is 21.6 Å². The minimum atomic E-state index is -0.549. The molecule has 0 bridgehead atoms. The molecule has 0 heterocycles. The SMILES string of the molecule is C=CC(=O)OCCC(=O)ONC. The molecular formula is C7H11NO4. The van der Waals surface area contributed by atoms with Gasteiger partial charge in [0, 0.05) is 13.1 Å². The van der Waals surface area contributed by atoms with E-state index >= 15 is 0 Å². The maximum atomic E-state index is 10.6. The van der Waals surface area contributed by atoms with Gasteiger partial charge in [-0.3, -0.25) is 4.79 Å². The minimum Gasteiger partial charge on any atom is -0.462 e. The van der Waals surface area contributed by atoms with Gasteiger partial charge >= 0.3 is 11.9 Å². The average Bonchev–Trinajstić information content (AvgIpc) is 2.04. The predicted octanol–water partition coefficient (Wildman–Crippen LogP) is -0.217. The number of carbonyl (C=O) groups is 2. The lowest BCUT2D eigenvalue weighted by Gasteiger charge is -2.01. The van der Waals surface area contributed by atoms with Crippen LogP contribution >= 0.6 is 0 Å². The number of carbonyl (C=O) groups excluding carboxylic acids is 2. The molecule has 0 aromatic carbocycles. The molecule has 0 fully saturated rings. The van der Waals surface area contributed by atoms with Crippen LogP contribution in [0.4, 0.5) is 0 Å². The lowest BCUT2D eigenvalue weighted by molar-refractivity contribution is -0.152. The molecule has 0 rings (SSSR count). The van der Waals surface area contributed by atoms with Crippen molar-refractivity contribution in [2.24, 2.45) is 0 Å². The quantitative estimate of drug-likeness (QED) is 0.354. The molecule has 0 atom stereocenters. The zero-order valence-electron chi connectivity index (χ0n) is 6.83. The summed E-state index contributed by atoms with van der Waals surface area (Å²) in [5, 5.41) is 0. The maximum Gasteiger partial charge on any atom is 0.330 e. The van der Waals surface area contributed by atoms with Crippen molar-refractivity contribution in [2.75, 3.05) is 13.7 Å². The third kappa shape index (κ3) is 5.43. The highest BCUT2D eigenvalue weighted by atomic mass is 16.7. The Morgan fingerprint density at radius 1 is 1.58 bits per heavy atom. The number of esters is 1. The van der Waals surface area contributed by atoms with Gasteiger partial charge in [0.25, 0.3) is 0 Å². The highest BCUT2D eigenvalue weighted by molar-refractivity contribution is 5.81. The van der Waals surface area contributed by atoms with Gasteiger partial charge in [-0.2, -0.15) is 5.48 Å². The van der Waals surface area contributed by atoms with E-state index in [0.29, 0.717) is 0 Å². The van der Waals surface area contributed by atoms with E-state index in [1.54, 1.807) is 0 Å². The normalized spacial score (nSPS) is 8.75. The third-order valence-electron chi connectivity index (χ3n) is 0.933. The summed E-state index contributed by atoms with van der Waals surface area (Å²) in [7, 11) is 1.47.